The fraction of sp³-hybridized carbons (Fsp3) is 0.276. The van der Waals surface area contributed by atoms with Crippen LogP contribution in [0, 0.1) is 0 Å². The van der Waals surface area contributed by atoms with Crippen molar-refractivity contribution < 1.29 is 14.3 Å². The smallest absolute Gasteiger partial charge is 0.257 e. The number of benzene rings is 3. The van der Waals surface area contributed by atoms with Crippen LogP contribution in [0.25, 0.3) is 0 Å². The summed E-state index contributed by atoms with van der Waals surface area (Å²) in [5.41, 5.74) is 2.87. The van der Waals surface area contributed by atoms with E-state index >= 15 is 0 Å². The summed E-state index contributed by atoms with van der Waals surface area (Å²) in [7, 11) is 0. The summed E-state index contributed by atoms with van der Waals surface area (Å²) in [6.45, 7) is 2.82. The Bertz CT molecular complexity index is 1200. The van der Waals surface area contributed by atoms with Gasteiger partial charge in [-0.3, -0.25) is 14.9 Å². The van der Waals surface area contributed by atoms with Crippen LogP contribution < -0.4 is 20.7 Å². The van der Waals surface area contributed by atoms with Gasteiger partial charge in [-0.25, -0.2) is 0 Å². The van der Waals surface area contributed by atoms with Gasteiger partial charge in [-0.05, 0) is 83.0 Å². The summed E-state index contributed by atoms with van der Waals surface area (Å²) in [5, 5.41) is 8.74. The molecular weight excluding hydrogens is 550 g/mol. The predicted octanol–water partition coefficient (Wildman–Crippen LogP) is 7.11. The van der Waals surface area contributed by atoms with E-state index in [0.29, 0.717) is 46.6 Å². The van der Waals surface area contributed by atoms with Crippen LogP contribution in [0.3, 0.4) is 0 Å². The minimum atomic E-state index is -0.335. The van der Waals surface area contributed by atoms with Crippen LogP contribution in [-0.4, -0.2) is 23.5 Å². The quantitative estimate of drug-likeness (QED) is 0.157. The standard InChI is InChI=1S/C29H32BrN3O3S/c1-2-3-4-8-18-36-26-16-15-22(19-25(26)30)28(35)33-29(37)32-24-13-9-12-23(20-24)31-27(34)17-14-21-10-6-5-7-11-21/h5-7,9-13,15-16,19-20H,2-4,8,14,17-18H2,1H3,(H,31,34)(H2,32,33,35,37). The maximum absolute atomic E-state index is 12.7. The number of hydrogen-bond donors (Lipinski definition) is 3. The number of carbonyl (C=O) groups excluding carboxylic acids is 2. The Labute approximate surface area is 232 Å². The van der Waals surface area contributed by atoms with Crippen LogP contribution >= 0.6 is 28.1 Å². The van der Waals surface area contributed by atoms with Gasteiger partial charge in [-0.15, -0.1) is 0 Å². The Hall–Kier alpha value is -3.23. The van der Waals surface area contributed by atoms with E-state index in [0.717, 1.165) is 18.4 Å². The third-order valence-corrected chi connectivity index (χ3v) is 6.39. The number of amides is 2. The molecule has 3 N–H and O–H groups in total. The van der Waals surface area contributed by atoms with Gasteiger partial charge in [0.05, 0.1) is 11.1 Å². The lowest BCUT2D eigenvalue weighted by Crippen LogP contribution is -2.34. The van der Waals surface area contributed by atoms with Gasteiger partial charge in [0, 0.05) is 23.4 Å². The molecule has 0 saturated heterocycles. The molecule has 0 aliphatic carbocycles. The number of carbonyl (C=O) groups is 2. The van der Waals surface area contributed by atoms with Gasteiger partial charge in [-0.1, -0.05) is 62.6 Å². The Morgan fingerprint density at radius 3 is 2.38 bits per heavy atom. The number of unbranched alkanes of at least 4 members (excludes halogenated alkanes) is 3. The number of aryl methyl sites for hydroxylation is 1. The minimum absolute atomic E-state index is 0.0733. The zero-order chi connectivity index (χ0) is 26.5. The second-order valence-electron chi connectivity index (χ2n) is 8.58. The van der Waals surface area contributed by atoms with E-state index in [4.69, 9.17) is 17.0 Å². The van der Waals surface area contributed by atoms with Crippen LogP contribution in [0.4, 0.5) is 11.4 Å². The first-order valence-corrected chi connectivity index (χ1v) is 13.6. The molecule has 0 spiro atoms. The number of anilines is 2. The molecule has 0 aromatic heterocycles. The van der Waals surface area contributed by atoms with Crippen molar-refractivity contribution in [3.8, 4) is 5.75 Å². The molecule has 0 fully saturated rings. The Morgan fingerprint density at radius 2 is 1.65 bits per heavy atom. The SMILES string of the molecule is CCCCCCOc1ccc(C(=O)NC(=S)Nc2cccc(NC(=O)CCc3ccccc3)c2)cc1Br. The highest BCUT2D eigenvalue weighted by Crippen LogP contribution is 2.26. The van der Waals surface area contributed by atoms with Crippen LogP contribution in [-0.2, 0) is 11.2 Å². The van der Waals surface area contributed by atoms with Crippen molar-refractivity contribution >= 4 is 56.4 Å². The largest absolute Gasteiger partial charge is 0.492 e. The summed E-state index contributed by atoms with van der Waals surface area (Å²) in [5.74, 6) is 0.297. The third kappa shape index (κ3) is 9.98. The summed E-state index contributed by atoms with van der Waals surface area (Å²) < 4.78 is 6.52. The molecule has 0 bridgehead atoms. The molecule has 37 heavy (non-hydrogen) atoms. The van der Waals surface area contributed by atoms with Crippen LogP contribution in [0.15, 0.2) is 77.3 Å². The Morgan fingerprint density at radius 1 is 0.892 bits per heavy atom. The van der Waals surface area contributed by atoms with Crippen molar-refractivity contribution in [2.24, 2.45) is 0 Å². The molecule has 6 nitrogen and oxygen atoms in total. The number of ether oxygens (including phenoxy) is 1. The highest BCUT2D eigenvalue weighted by molar-refractivity contribution is 9.10. The lowest BCUT2D eigenvalue weighted by atomic mass is 10.1. The van der Waals surface area contributed by atoms with Crippen molar-refractivity contribution in [2.75, 3.05) is 17.2 Å². The predicted molar refractivity (Wildman–Crippen MR) is 157 cm³/mol. The molecule has 3 aromatic rings. The fourth-order valence-electron chi connectivity index (χ4n) is 3.61. The van der Waals surface area contributed by atoms with Crippen LogP contribution in [0.2, 0.25) is 0 Å². The fourth-order valence-corrected chi connectivity index (χ4v) is 4.31. The second kappa shape index (κ2) is 15.1. The van der Waals surface area contributed by atoms with Gasteiger partial charge in [0.25, 0.3) is 5.91 Å². The van der Waals surface area contributed by atoms with Crippen LogP contribution in [0.1, 0.15) is 54.9 Å². The summed E-state index contributed by atoms with van der Waals surface area (Å²) in [6, 6.07) is 22.3. The molecule has 3 rings (SSSR count). The molecule has 0 heterocycles. The topological polar surface area (TPSA) is 79.5 Å². The molecule has 2 amide bonds. The molecular formula is C29H32BrN3O3S. The minimum Gasteiger partial charge on any atom is -0.492 e. The third-order valence-electron chi connectivity index (χ3n) is 5.56. The summed E-state index contributed by atoms with van der Waals surface area (Å²) in [4.78, 5) is 25.0. The molecule has 0 unspecified atom stereocenters. The normalized spacial score (nSPS) is 10.4. The van der Waals surface area contributed by atoms with E-state index in [1.165, 1.54) is 12.8 Å². The molecule has 0 saturated carbocycles. The first-order chi connectivity index (χ1) is 17.9. The number of thiocarbonyl (C=S) groups is 1. The summed E-state index contributed by atoms with van der Waals surface area (Å²) >= 11 is 8.81. The highest BCUT2D eigenvalue weighted by Gasteiger charge is 2.12. The number of halogens is 1. The highest BCUT2D eigenvalue weighted by atomic mass is 79.9. The van der Waals surface area contributed by atoms with E-state index in [2.05, 4.69) is 38.8 Å². The second-order valence-corrected chi connectivity index (χ2v) is 9.84. The van der Waals surface area contributed by atoms with Gasteiger partial charge < -0.3 is 15.4 Å². The maximum Gasteiger partial charge on any atom is 0.257 e. The van der Waals surface area contributed by atoms with E-state index < -0.39 is 0 Å². The molecule has 0 atom stereocenters. The molecule has 3 aromatic carbocycles. The van der Waals surface area contributed by atoms with Crippen molar-refractivity contribution in [1.82, 2.24) is 5.32 Å². The lowest BCUT2D eigenvalue weighted by molar-refractivity contribution is -0.116. The van der Waals surface area contributed by atoms with E-state index in [1.807, 2.05) is 30.3 Å². The maximum atomic E-state index is 12.7. The van der Waals surface area contributed by atoms with Crippen molar-refractivity contribution in [1.29, 1.82) is 0 Å². The molecule has 0 aliphatic rings. The van der Waals surface area contributed by atoms with Gasteiger partial charge in [0.2, 0.25) is 5.91 Å². The average Bonchev–Trinajstić information content (AvgIpc) is 2.89. The Kier molecular flexibility index (Phi) is 11.6. The number of hydrogen-bond acceptors (Lipinski definition) is 4. The van der Waals surface area contributed by atoms with Gasteiger partial charge in [0.1, 0.15) is 5.75 Å². The van der Waals surface area contributed by atoms with Gasteiger partial charge in [0.15, 0.2) is 5.11 Å². The van der Waals surface area contributed by atoms with Crippen molar-refractivity contribution in [3.05, 3.63) is 88.4 Å². The first-order valence-electron chi connectivity index (χ1n) is 12.4. The number of nitrogens with one attached hydrogen (secondary N) is 3. The van der Waals surface area contributed by atoms with Crippen molar-refractivity contribution in [2.45, 2.75) is 45.4 Å². The Balaban J connectivity index is 1.47. The zero-order valence-electron chi connectivity index (χ0n) is 20.9. The molecule has 0 radical (unpaired) electrons. The molecule has 8 heteroatoms. The monoisotopic (exact) mass is 581 g/mol. The lowest BCUT2D eigenvalue weighted by Gasteiger charge is -2.12. The molecule has 194 valence electrons. The zero-order valence-corrected chi connectivity index (χ0v) is 23.3. The molecule has 0 aliphatic heterocycles. The van der Waals surface area contributed by atoms with E-state index in [9.17, 15) is 9.59 Å². The van der Waals surface area contributed by atoms with E-state index in [1.54, 1.807) is 42.5 Å². The number of rotatable bonds is 12. The van der Waals surface area contributed by atoms with Crippen molar-refractivity contribution in [3.63, 3.8) is 0 Å². The van der Waals surface area contributed by atoms with Gasteiger partial charge >= 0.3 is 0 Å². The summed E-state index contributed by atoms with van der Waals surface area (Å²) in [6.07, 6.45) is 5.58. The first kappa shape index (κ1) is 28.3. The van der Waals surface area contributed by atoms with E-state index in [-0.39, 0.29) is 16.9 Å². The van der Waals surface area contributed by atoms with Gasteiger partial charge in [-0.2, -0.15) is 0 Å². The van der Waals surface area contributed by atoms with Crippen LogP contribution in [0.5, 0.6) is 5.75 Å². The average molecular weight is 583 g/mol.